The minimum Gasteiger partial charge on any atom is -0.344 e. The van der Waals surface area contributed by atoms with Crippen LogP contribution in [0.5, 0.6) is 0 Å². The van der Waals surface area contributed by atoms with Crippen LogP contribution in [0.1, 0.15) is 31.5 Å². The van der Waals surface area contributed by atoms with Gasteiger partial charge in [-0.3, -0.25) is 14.3 Å². The number of nitrogens with zero attached hydrogens (tertiary/aromatic N) is 6. The van der Waals surface area contributed by atoms with Crippen LogP contribution < -0.4 is 4.90 Å². The smallest absolute Gasteiger partial charge is 0.242 e. The van der Waals surface area contributed by atoms with E-state index in [2.05, 4.69) is 15.0 Å². The molecule has 7 nitrogen and oxygen atoms in total. The van der Waals surface area contributed by atoms with E-state index in [1.807, 2.05) is 27.5 Å². The second-order valence-electron chi connectivity index (χ2n) is 6.99. The van der Waals surface area contributed by atoms with Crippen molar-refractivity contribution in [2.24, 2.45) is 5.92 Å². The maximum Gasteiger partial charge on any atom is 0.242 e. The Bertz CT molecular complexity index is 752. The van der Waals surface area contributed by atoms with Crippen molar-refractivity contribution in [1.82, 2.24) is 24.4 Å². The number of imidazole rings is 1. The molecule has 3 heterocycles. The minimum absolute atomic E-state index is 0.198. The van der Waals surface area contributed by atoms with Crippen molar-refractivity contribution >= 4 is 11.7 Å². The molecular weight excluding hydrogens is 316 g/mol. The fourth-order valence-electron chi connectivity index (χ4n) is 3.84. The first-order valence-corrected chi connectivity index (χ1v) is 9.06. The van der Waals surface area contributed by atoms with Crippen LogP contribution in [0, 0.1) is 12.8 Å². The molecular formula is C18H24N6O. The zero-order valence-electron chi connectivity index (χ0n) is 14.6. The van der Waals surface area contributed by atoms with Gasteiger partial charge in [-0.1, -0.05) is 12.8 Å². The van der Waals surface area contributed by atoms with Crippen LogP contribution in [0.25, 0.3) is 5.82 Å². The SMILES string of the molecule is Cc1nccn1-c1cncc(N2CCN(CC3CCCC3)C(=O)C2)n1. The van der Waals surface area contributed by atoms with E-state index in [-0.39, 0.29) is 5.91 Å². The summed E-state index contributed by atoms with van der Waals surface area (Å²) in [6.07, 6.45) is 12.2. The summed E-state index contributed by atoms with van der Waals surface area (Å²) in [5.41, 5.74) is 0. The summed E-state index contributed by atoms with van der Waals surface area (Å²) in [4.78, 5) is 29.8. The molecule has 4 rings (SSSR count). The predicted octanol–water partition coefficient (Wildman–Crippen LogP) is 1.81. The first kappa shape index (κ1) is 16.1. The molecule has 0 N–H and O–H groups in total. The lowest BCUT2D eigenvalue weighted by Crippen LogP contribution is -2.51. The Morgan fingerprint density at radius 1 is 1.16 bits per heavy atom. The van der Waals surface area contributed by atoms with Crippen LogP contribution in [-0.2, 0) is 4.79 Å². The maximum absolute atomic E-state index is 12.6. The molecule has 2 aromatic heterocycles. The summed E-state index contributed by atoms with van der Waals surface area (Å²) in [6, 6.07) is 0. The van der Waals surface area contributed by atoms with Gasteiger partial charge >= 0.3 is 0 Å². The van der Waals surface area contributed by atoms with Crippen molar-refractivity contribution in [3.8, 4) is 5.82 Å². The summed E-state index contributed by atoms with van der Waals surface area (Å²) in [5.74, 6) is 3.24. The van der Waals surface area contributed by atoms with Crippen LogP contribution in [0.4, 0.5) is 5.82 Å². The Hall–Kier alpha value is -2.44. The Kier molecular flexibility index (Phi) is 4.38. The largest absolute Gasteiger partial charge is 0.344 e. The third-order valence-corrected chi connectivity index (χ3v) is 5.28. The molecule has 0 bridgehead atoms. The molecule has 1 saturated heterocycles. The molecule has 0 aromatic carbocycles. The summed E-state index contributed by atoms with van der Waals surface area (Å²) >= 11 is 0. The Labute approximate surface area is 147 Å². The number of piperazine rings is 1. The van der Waals surface area contributed by atoms with E-state index in [1.165, 1.54) is 25.7 Å². The highest BCUT2D eigenvalue weighted by Crippen LogP contribution is 2.26. The molecule has 2 aliphatic rings. The van der Waals surface area contributed by atoms with Gasteiger partial charge in [-0.25, -0.2) is 9.97 Å². The van der Waals surface area contributed by atoms with Crippen LogP contribution in [0.15, 0.2) is 24.8 Å². The number of hydrogen-bond donors (Lipinski definition) is 0. The van der Waals surface area contributed by atoms with Crippen molar-refractivity contribution in [2.75, 3.05) is 31.1 Å². The van der Waals surface area contributed by atoms with Crippen LogP contribution in [0.2, 0.25) is 0 Å². The van der Waals surface area contributed by atoms with E-state index in [1.54, 1.807) is 18.6 Å². The molecule has 1 saturated carbocycles. The number of anilines is 1. The third-order valence-electron chi connectivity index (χ3n) is 5.28. The topological polar surface area (TPSA) is 67.2 Å². The number of hydrogen-bond acceptors (Lipinski definition) is 5. The highest BCUT2D eigenvalue weighted by atomic mass is 16.2. The predicted molar refractivity (Wildman–Crippen MR) is 94.6 cm³/mol. The van der Waals surface area contributed by atoms with E-state index < -0.39 is 0 Å². The van der Waals surface area contributed by atoms with Gasteiger partial charge < -0.3 is 9.80 Å². The molecule has 25 heavy (non-hydrogen) atoms. The van der Waals surface area contributed by atoms with Crippen molar-refractivity contribution in [2.45, 2.75) is 32.6 Å². The quantitative estimate of drug-likeness (QED) is 0.849. The van der Waals surface area contributed by atoms with E-state index in [0.29, 0.717) is 12.5 Å². The van der Waals surface area contributed by atoms with E-state index in [9.17, 15) is 4.79 Å². The fraction of sp³-hybridized carbons (Fsp3) is 0.556. The first-order chi connectivity index (χ1) is 12.2. The number of amides is 1. The maximum atomic E-state index is 12.6. The molecule has 2 aromatic rings. The van der Waals surface area contributed by atoms with Crippen molar-refractivity contribution in [1.29, 1.82) is 0 Å². The van der Waals surface area contributed by atoms with E-state index in [0.717, 1.165) is 37.1 Å². The lowest BCUT2D eigenvalue weighted by molar-refractivity contribution is -0.131. The Morgan fingerprint density at radius 3 is 2.68 bits per heavy atom. The van der Waals surface area contributed by atoms with Crippen LogP contribution >= 0.6 is 0 Å². The van der Waals surface area contributed by atoms with Crippen molar-refractivity contribution < 1.29 is 4.79 Å². The Balaban J connectivity index is 1.45. The Morgan fingerprint density at radius 2 is 1.96 bits per heavy atom. The normalized spacial score (nSPS) is 19.0. The van der Waals surface area contributed by atoms with Gasteiger partial charge in [0.05, 0.1) is 18.9 Å². The number of aryl methyl sites for hydroxylation is 1. The molecule has 2 fully saturated rings. The van der Waals surface area contributed by atoms with E-state index in [4.69, 9.17) is 0 Å². The van der Waals surface area contributed by atoms with Gasteiger partial charge in [-0.05, 0) is 25.7 Å². The van der Waals surface area contributed by atoms with Gasteiger partial charge in [0.15, 0.2) is 5.82 Å². The van der Waals surface area contributed by atoms with Gasteiger partial charge in [0, 0.05) is 32.0 Å². The lowest BCUT2D eigenvalue weighted by Gasteiger charge is -2.36. The number of rotatable bonds is 4. The molecule has 1 aliphatic carbocycles. The molecule has 132 valence electrons. The monoisotopic (exact) mass is 340 g/mol. The zero-order valence-corrected chi connectivity index (χ0v) is 14.6. The molecule has 0 spiro atoms. The summed E-state index contributed by atoms with van der Waals surface area (Å²) in [5, 5.41) is 0. The van der Waals surface area contributed by atoms with Gasteiger partial charge in [0.2, 0.25) is 5.91 Å². The third kappa shape index (κ3) is 3.36. The molecule has 0 radical (unpaired) electrons. The molecule has 0 atom stereocenters. The van der Waals surface area contributed by atoms with Crippen LogP contribution in [0.3, 0.4) is 0 Å². The second-order valence-corrected chi connectivity index (χ2v) is 6.99. The first-order valence-electron chi connectivity index (χ1n) is 9.06. The van der Waals surface area contributed by atoms with Crippen molar-refractivity contribution in [3.05, 3.63) is 30.6 Å². The van der Waals surface area contributed by atoms with Gasteiger partial charge in [-0.15, -0.1) is 0 Å². The second kappa shape index (κ2) is 6.82. The zero-order chi connectivity index (χ0) is 17.2. The van der Waals surface area contributed by atoms with Crippen molar-refractivity contribution in [3.63, 3.8) is 0 Å². The minimum atomic E-state index is 0.198. The lowest BCUT2D eigenvalue weighted by atomic mass is 10.1. The summed E-state index contributed by atoms with van der Waals surface area (Å²) in [7, 11) is 0. The number of aromatic nitrogens is 4. The van der Waals surface area contributed by atoms with E-state index >= 15 is 0 Å². The average Bonchev–Trinajstić information content (AvgIpc) is 3.28. The van der Waals surface area contributed by atoms with Crippen LogP contribution in [-0.4, -0.2) is 56.5 Å². The number of carbonyl (C=O) groups excluding carboxylic acids is 1. The van der Waals surface area contributed by atoms with Gasteiger partial charge in [-0.2, -0.15) is 0 Å². The summed E-state index contributed by atoms with van der Waals surface area (Å²) in [6.45, 7) is 4.81. The summed E-state index contributed by atoms with van der Waals surface area (Å²) < 4.78 is 1.90. The molecule has 1 amide bonds. The molecule has 1 aliphatic heterocycles. The van der Waals surface area contributed by atoms with Gasteiger partial charge in [0.1, 0.15) is 11.6 Å². The van der Waals surface area contributed by atoms with Gasteiger partial charge in [0.25, 0.3) is 0 Å². The highest BCUT2D eigenvalue weighted by molar-refractivity contribution is 5.82. The highest BCUT2D eigenvalue weighted by Gasteiger charge is 2.28. The molecule has 0 unspecified atom stereocenters. The standard InChI is InChI=1S/C18H24N6O/c1-14-20-6-7-24(14)17-11-19-10-16(21-17)22-8-9-23(18(25)13-22)12-15-4-2-3-5-15/h6-7,10-11,15H,2-5,8-9,12-13H2,1H3. The fourth-order valence-corrected chi connectivity index (χ4v) is 3.84. The average molecular weight is 340 g/mol. The number of carbonyl (C=O) groups is 1. The molecule has 7 heteroatoms.